The van der Waals surface area contributed by atoms with Gasteiger partial charge in [-0.05, 0) is 18.2 Å². The summed E-state index contributed by atoms with van der Waals surface area (Å²) in [5.41, 5.74) is 1.64. The largest absolute Gasteiger partial charge is 0.490 e. The average Bonchev–Trinajstić information content (AvgIpc) is 2.45. The van der Waals surface area contributed by atoms with Gasteiger partial charge in [-0.2, -0.15) is 0 Å². The molecule has 0 unspecified atom stereocenters. The zero-order valence-electron chi connectivity index (χ0n) is 11.6. The summed E-state index contributed by atoms with van der Waals surface area (Å²) in [5, 5.41) is 2.76. The summed E-state index contributed by atoms with van der Waals surface area (Å²) >= 11 is 0. The van der Waals surface area contributed by atoms with Crippen molar-refractivity contribution in [1.82, 2.24) is 0 Å². The molecular weight excluding hydrogens is 260 g/mol. The van der Waals surface area contributed by atoms with Gasteiger partial charge < -0.3 is 19.7 Å². The molecule has 0 spiro atoms. The first-order chi connectivity index (χ1) is 9.60. The van der Waals surface area contributed by atoms with E-state index in [0.717, 1.165) is 18.0 Å². The lowest BCUT2D eigenvalue weighted by molar-refractivity contribution is -0.141. The van der Waals surface area contributed by atoms with Crippen LogP contribution < -0.4 is 15.0 Å². The molecule has 0 saturated heterocycles. The van der Waals surface area contributed by atoms with Crippen molar-refractivity contribution < 1.29 is 19.1 Å². The predicted molar refractivity (Wildman–Crippen MR) is 75.1 cm³/mol. The third kappa shape index (κ3) is 3.40. The van der Waals surface area contributed by atoms with Crippen molar-refractivity contribution in [2.45, 2.75) is 12.8 Å². The lowest BCUT2D eigenvalue weighted by atomic mass is 10.2. The molecule has 0 fully saturated rings. The Balaban J connectivity index is 1.98. The van der Waals surface area contributed by atoms with Crippen molar-refractivity contribution in [2.24, 2.45) is 0 Å². The van der Waals surface area contributed by atoms with Crippen LogP contribution in [0.2, 0.25) is 0 Å². The Morgan fingerprint density at radius 3 is 2.95 bits per heavy atom. The number of esters is 1. The second-order valence-electron chi connectivity index (χ2n) is 4.58. The molecule has 1 amide bonds. The first-order valence-electron chi connectivity index (χ1n) is 6.45. The molecule has 0 aromatic heterocycles. The van der Waals surface area contributed by atoms with Gasteiger partial charge in [0.05, 0.1) is 25.8 Å². The number of rotatable bonds is 4. The molecule has 108 valence electrons. The Kier molecular flexibility index (Phi) is 4.45. The molecule has 20 heavy (non-hydrogen) atoms. The first-order valence-corrected chi connectivity index (χ1v) is 6.45. The molecule has 1 aromatic carbocycles. The van der Waals surface area contributed by atoms with Gasteiger partial charge in [0.2, 0.25) is 5.91 Å². The summed E-state index contributed by atoms with van der Waals surface area (Å²) in [6.07, 6.45) is 0.187. The van der Waals surface area contributed by atoms with Crippen LogP contribution in [0, 0.1) is 0 Å². The maximum absolute atomic E-state index is 11.7. The molecule has 0 atom stereocenters. The number of anilines is 2. The molecule has 1 heterocycles. The number of ether oxygens (including phenoxy) is 2. The third-order valence-corrected chi connectivity index (χ3v) is 3.12. The Morgan fingerprint density at radius 1 is 1.40 bits per heavy atom. The van der Waals surface area contributed by atoms with Crippen molar-refractivity contribution >= 4 is 23.3 Å². The zero-order valence-corrected chi connectivity index (χ0v) is 11.6. The summed E-state index contributed by atoms with van der Waals surface area (Å²) in [6, 6.07) is 5.49. The van der Waals surface area contributed by atoms with Crippen LogP contribution in [0.25, 0.3) is 0 Å². The predicted octanol–water partition coefficient (Wildman–Crippen LogP) is 1.41. The highest BCUT2D eigenvalue weighted by Gasteiger charge is 2.15. The summed E-state index contributed by atoms with van der Waals surface area (Å²) in [4.78, 5) is 24.8. The van der Waals surface area contributed by atoms with Gasteiger partial charge in [-0.1, -0.05) is 0 Å². The van der Waals surface area contributed by atoms with Crippen molar-refractivity contribution in [3.63, 3.8) is 0 Å². The number of carbonyl (C=O) groups is 2. The van der Waals surface area contributed by atoms with Gasteiger partial charge in [0.15, 0.2) is 0 Å². The van der Waals surface area contributed by atoms with Crippen molar-refractivity contribution in [3.8, 4) is 5.75 Å². The molecule has 1 aliphatic heterocycles. The third-order valence-electron chi connectivity index (χ3n) is 3.12. The van der Waals surface area contributed by atoms with E-state index in [2.05, 4.69) is 15.0 Å². The number of nitrogens with zero attached hydrogens (tertiary/aromatic N) is 1. The normalized spacial score (nSPS) is 13.2. The van der Waals surface area contributed by atoms with Crippen LogP contribution in [0.3, 0.4) is 0 Å². The topological polar surface area (TPSA) is 67.9 Å². The molecule has 0 bridgehead atoms. The number of carbonyl (C=O) groups excluding carboxylic acids is 2. The SMILES string of the molecule is COC(=O)CCC(=O)Nc1ccc2c(c1)N(C)CCO2. The fourth-order valence-electron chi connectivity index (χ4n) is 1.97. The Morgan fingerprint density at radius 2 is 2.20 bits per heavy atom. The quantitative estimate of drug-likeness (QED) is 0.843. The lowest BCUT2D eigenvalue weighted by Gasteiger charge is -2.28. The van der Waals surface area contributed by atoms with Crippen molar-refractivity contribution in [3.05, 3.63) is 18.2 Å². The summed E-state index contributed by atoms with van der Waals surface area (Å²) in [7, 11) is 3.28. The van der Waals surface area contributed by atoms with E-state index in [0.29, 0.717) is 12.3 Å². The monoisotopic (exact) mass is 278 g/mol. The van der Waals surface area contributed by atoms with E-state index in [-0.39, 0.29) is 18.7 Å². The minimum Gasteiger partial charge on any atom is -0.490 e. The average molecular weight is 278 g/mol. The van der Waals surface area contributed by atoms with Crippen LogP contribution in [-0.2, 0) is 14.3 Å². The highest BCUT2D eigenvalue weighted by molar-refractivity contribution is 5.93. The Labute approximate surface area is 117 Å². The van der Waals surface area contributed by atoms with E-state index in [1.807, 2.05) is 19.2 Å². The molecule has 6 heteroatoms. The molecular formula is C14H18N2O4. The van der Waals surface area contributed by atoms with Crippen LogP contribution in [0.5, 0.6) is 5.75 Å². The van der Waals surface area contributed by atoms with E-state index < -0.39 is 5.97 Å². The van der Waals surface area contributed by atoms with Crippen molar-refractivity contribution in [2.75, 3.05) is 37.5 Å². The fraction of sp³-hybridized carbons (Fsp3) is 0.429. The number of methoxy groups -OCH3 is 1. The minimum atomic E-state index is -0.390. The molecule has 0 aliphatic carbocycles. The van der Waals surface area contributed by atoms with Gasteiger partial charge in [-0.3, -0.25) is 9.59 Å². The van der Waals surface area contributed by atoms with Crippen LogP contribution in [0.15, 0.2) is 18.2 Å². The van der Waals surface area contributed by atoms with E-state index in [1.165, 1.54) is 7.11 Å². The number of fused-ring (bicyclic) bond motifs is 1. The molecule has 6 nitrogen and oxygen atoms in total. The smallest absolute Gasteiger partial charge is 0.306 e. The second kappa shape index (κ2) is 6.27. The maximum atomic E-state index is 11.7. The van der Waals surface area contributed by atoms with Gasteiger partial charge in [-0.15, -0.1) is 0 Å². The van der Waals surface area contributed by atoms with Crippen LogP contribution in [0.4, 0.5) is 11.4 Å². The highest BCUT2D eigenvalue weighted by atomic mass is 16.5. The van der Waals surface area contributed by atoms with Crippen LogP contribution in [-0.4, -0.2) is 39.2 Å². The number of benzene rings is 1. The molecule has 0 radical (unpaired) electrons. The fourth-order valence-corrected chi connectivity index (χ4v) is 1.97. The van der Waals surface area contributed by atoms with Crippen LogP contribution >= 0.6 is 0 Å². The number of hydrogen-bond acceptors (Lipinski definition) is 5. The first kappa shape index (κ1) is 14.2. The van der Waals surface area contributed by atoms with E-state index in [1.54, 1.807) is 6.07 Å². The van der Waals surface area contributed by atoms with E-state index >= 15 is 0 Å². The van der Waals surface area contributed by atoms with E-state index in [4.69, 9.17) is 4.74 Å². The summed E-state index contributed by atoms with van der Waals surface area (Å²) in [6.45, 7) is 1.47. The van der Waals surface area contributed by atoms with Gasteiger partial charge in [0.1, 0.15) is 12.4 Å². The standard InChI is InChI=1S/C14H18N2O4/c1-16-7-8-20-12-4-3-10(9-11(12)16)15-13(17)5-6-14(18)19-2/h3-4,9H,5-8H2,1-2H3,(H,15,17). The number of hydrogen-bond donors (Lipinski definition) is 1. The Hall–Kier alpha value is -2.24. The lowest BCUT2D eigenvalue weighted by Crippen LogP contribution is -2.28. The molecule has 1 aromatic rings. The molecule has 0 saturated carbocycles. The van der Waals surface area contributed by atoms with E-state index in [9.17, 15) is 9.59 Å². The number of nitrogens with one attached hydrogen (secondary N) is 1. The maximum Gasteiger partial charge on any atom is 0.306 e. The Bertz CT molecular complexity index is 516. The number of amides is 1. The zero-order chi connectivity index (χ0) is 14.5. The number of likely N-dealkylation sites (N-methyl/N-ethyl adjacent to an activating group) is 1. The van der Waals surface area contributed by atoms with Crippen LogP contribution in [0.1, 0.15) is 12.8 Å². The summed E-state index contributed by atoms with van der Waals surface area (Å²) < 4.78 is 10.0. The summed E-state index contributed by atoms with van der Waals surface area (Å²) in [5.74, 6) is 0.208. The molecule has 2 rings (SSSR count). The molecule has 1 aliphatic rings. The van der Waals surface area contributed by atoms with Gasteiger partial charge >= 0.3 is 5.97 Å². The minimum absolute atomic E-state index is 0.0797. The van der Waals surface area contributed by atoms with Gasteiger partial charge in [0, 0.05) is 19.2 Å². The van der Waals surface area contributed by atoms with Crippen molar-refractivity contribution in [1.29, 1.82) is 0 Å². The van der Waals surface area contributed by atoms with Gasteiger partial charge in [-0.25, -0.2) is 0 Å². The molecule has 1 N–H and O–H groups in total. The van der Waals surface area contributed by atoms with Gasteiger partial charge in [0.25, 0.3) is 0 Å². The second-order valence-corrected chi connectivity index (χ2v) is 4.58. The highest BCUT2D eigenvalue weighted by Crippen LogP contribution is 2.33.